The highest BCUT2D eigenvalue weighted by Gasteiger charge is 2.35. The molecule has 0 bridgehead atoms. The molecule has 0 aromatic heterocycles. The van der Waals surface area contributed by atoms with Gasteiger partial charge in [-0.25, -0.2) is 8.42 Å². The molecule has 5 nitrogen and oxygen atoms in total. The molecule has 0 spiro atoms. The van der Waals surface area contributed by atoms with E-state index in [0.717, 1.165) is 16.3 Å². The summed E-state index contributed by atoms with van der Waals surface area (Å²) in [5.74, 6) is 1.10. The monoisotopic (exact) mass is 391 g/mol. The van der Waals surface area contributed by atoms with E-state index in [9.17, 15) is 13.2 Å². The lowest BCUT2D eigenvalue weighted by molar-refractivity contribution is -0.116. The zero-order valence-electron chi connectivity index (χ0n) is 14.5. The van der Waals surface area contributed by atoms with Crippen molar-refractivity contribution in [3.63, 3.8) is 0 Å². The van der Waals surface area contributed by atoms with E-state index in [4.69, 9.17) is 4.74 Å². The Morgan fingerprint density at radius 1 is 1.15 bits per heavy atom. The van der Waals surface area contributed by atoms with Crippen molar-refractivity contribution in [3.8, 4) is 5.75 Å². The largest absolute Gasteiger partial charge is 0.497 e. The Morgan fingerprint density at radius 2 is 1.85 bits per heavy atom. The first kappa shape index (κ1) is 18.8. The van der Waals surface area contributed by atoms with Gasteiger partial charge in [0.25, 0.3) is 0 Å². The van der Waals surface area contributed by atoms with Crippen LogP contribution in [0.3, 0.4) is 0 Å². The minimum Gasteiger partial charge on any atom is -0.497 e. The number of carbonyl (C=O) groups excluding carboxylic acids is 1. The molecule has 1 fully saturated rings. The Bertz CT molecular complexity index is 851. The number of benzene rings is 2. The zero-order valence-corrected chi connectivity index (χ0v) is 16.1. The SMILES string of the molecule is COc1ccc(SCC(=O)N(c2ccccc2)C2CCS(=O)(=O)C2)cc1. The number of nitrogens with zero attached hydrogens (tertiary/aromatic N) is 1. The first-order valence-corrected chi connectivity index (χ1v) is 11.1. The fourth-order valence-corrected chi connectivity index (χ4v) is 5.47. The average Bonchev–Trinajstić information content (AvgIpc) is 3.01. The van der Waals surface area contributed by atoms with Gasteiger partial charge < -0.3 is 9.64 Å². The first-order valence-electron chi connectivity index (χ1n) is 8.33. The van der Waals surface area contributed by atoms with Crippen molar-refractivity contribution in [2.75, 3.05) is 29.3 Å². The number of amides is 1. The minimum absolute atomic E-state index is 0.0286. The van der Waals surface area contributed by atoms with E-state index < -0.39 is 9.84 Å². The zero-order chi connectivity index (χ0) is 18.6. The lowest BCUT2D eigenvalue weighted by Gasteiger charge is -2.28. The van der Waals surface area contributed by atoms with Crippen LogP contribution in [-0.2, 0) is 14.6 Å². The summed E-state index contributed by atoms with van der Waals surface area (Å²) in [6, 6.07) is 16.5. The molecule has 1 aliphatic heterocycles. The van der Waals surface area contributed by atoms with Gasteiger partial charge >= 0.3 is 0 Å². The van der Waals surface area contributed by atoms with E-state index in [1.807, 2.05) is 54.6 Å². The third-order valence-electron chi connectivity index (χ3n) is 4.30. The van der Waals surface area contributed by atoms with Crippen molar-refractivity contribution in [1.29, 1.82) is 0 Å². The average molecular weight is 392 g/mol. The normalized spacial score (nSPS) is 18.4. The summed E-state index contributed by atoms with van der Waals surface area (Å²) in [7, 11) is -1.46. The number of hydrogen-bond acceptors (Lipinski definition) is 5. The topological polar surface area (TPSA) is 63.7 Å². The van der Waals surface area contributed by atoms with Gasteiger partial charge in [0, 0.05) is 10.6 Å². The van der Waals surface area contributed by atoms with E-state index in [0.29, 0.717) is 6.42 Å². The molecule has 7 heteroatoms. The third-order valence-corrected chi connectivity index (χ3v) is 7.05. The molecule has 26 heavy (non-hydrogen) atoms. The van der Waals surface area contributed by atoms with Crippen molar-refractivity contribution in [1.82, 2.24) is 0 Å². The van der Waals surface area contributed by atoms with E-state index in [-0.39, 0.29) is 29.2 Å². The molecule has 138 valence electrons. The van der Waals surface area contributed by atoms with Crippen LogP contribution in [0.5, 0.6) is 5.75 Å². The molecule has 0 radical (unpaired) electrons. The van der Waals surface area contributed by atoms with Gasteiger partial charge in [0.15, 0.2) is 9.84 Å². The maximum absolute atomic E-state index is 12.9. The number of thioether (sulfide) groups is 1. The van der Waals surface area contributed by atoms with Crippen molar-refractivity contribution in [2.45, 2.75) is 17.4 Å². The number of rotatable bonds is 6. The quantitative estimate of drug-likeness (QED) is 0.709. The number of hydrogen-bond donors (Lipinski definition) is 0. The molecule has 0 saturated carbocycles. The smallest absolute Gasteiger partial charge is 0.237 e. The number of ether oxygens (including phenoxy) is 1. The van der Waals surface area contributed by atoms with E-state index in [1.165, 1.54) is 11.8 Å². The molecule has 1 heterocycles. The second-order valence-corrected chi connectivity index (χ2v) is 9.40. The fourth-order valence-electron chi connectivity index (χ4n) is 3.01. The van der Waals surface area contributed by atoms with Gasteiger partial charge in [0.05, 0.1) is 30.4 Å². The van der Waals surface area contributed by atoms with Crippen LogP contribution in [0.15, 0.2) is 59.5 Å². The Morgan fingerprint density at radius 3 is 2.42 bits per heavy atom. The highest BCUT2D eigenvalue weighted by molar-refractivity contribution is 8.00. The number of anilines is 1. The highest BCUT2D eigenvalue weighted by atomic mass is 32.2. The molecule has 1 amide bonds. The lowest BCUT2D eigenvalue weighted by Crippen LogP contribution is -2.42. The second-order valence-electron chi connectivity index (χ2n) is 6.12. The molecule has 0 N–H and O–H groups in total. The number of carbonyl (C=O) groups is 1. The van der Waals surface area contributed by atoms with Crippen LogP contribution in [0, 0.1) is 0 Å². The maximum atomic E-state index is 12.9. The summed E-state index contributed by atoms with van der Waals surface area (Å²) < 4.78 is 28.9. The van der Waals surface area contributed by atoms with Crippen molar-refractivity contribution in [3.05, 3.63) is 54.6 Å². The number of para-hydroxylation sites is 1. The van der Waals surface area contributed by atoms with Crippen molar-refractivity contribution >= 4 is 33.2 Å². The molecule has 1 saturated heterocycles. The molecule has 2 aromatic carbocycles. The Kier molecular flexibility index (Phi) is 5.88. The predicted octanol–water partition coefficient (Wildman–Crippen LogP) is 3.01. The summed E-state index contributed by atoms with van der Waals surface area (Å²) in [5.41, 5.74) is 0.745. The van der Waals surface area contributed by atoms with Crippen molar-refractivity contribution < 1.29 is 17.9 Å². The van der Waals surface area contributed by atoms with Crippen LogP contribution >= 0.6 is 11.8 Å². The fraction of sp³-hybridized carbons (Fsp3) is 0.316. The Labute approximate surface area is 158 Å². The molecule has 0 aliphatic carbocycles. The third kappa shape index (κ3) is 4.59. The standard InChI is InChI=1S/C19H21NO4S2/c1-24-17-7-9-18(10-8-17)25-13-19(21)20(15-5-3-2-4-6-15)16-11-12-26(22,23)14-16/h2-10,16H,11-14H2,1H3. The summed E-state index contributed by atoms with van der Waals surface area (Å²) in [4.78, 5) is 15.5. The van der Waals surface area contributed by atoms with Crippen LogP contribution in [0.4, 0.5) is 5.69 Å². The lowest BCUT2D eigenvalue weighted by atomic mass is 10.2. The van der Waals surface area contributed by atoms with Crippen LogP contribution in [-0.4, -0.2) is 44.7 Å². The number of methoxy groups -OCH3 is 1. The van der Waals surface area contributed by atoms with Gasteiger partial charge in [-0.1, -0.05) is 18.2 Å². The Hall–Kier alpha value is -1.99. The van der Waals surface area contributed by atoms with E-state index in [2.05, 4.69) is 0 Å². The Balaban J connectivity index is 1.74. The molecule has 1 unspecified atom stereocenters. The molecular weight excluding hydrogens is 370 g/mol. The highest BCUT2D eigenvalue weighted by Crippen LogP contribution is 2.27. The first-order chi connectivity index (χ1) is 12.5. The summed E-state index contributed by atoms with van der Waals surface area (Å²) >= 11 is 1.43. The summed E-state index contributed by atoms with van der Waals surface area (Å²) in [6.45, 7) is 0. The van der Waals surface area contributed by atoms with Crippen LogP contribution in [0.2, 0.25) is 0 Å². The van der Waals surface area contributed by atoms with E-state index in [1.54, 1.807) is 12.0 Å². The summed E-state index contributed by atoms with van der Waals surface area (Å²) in [5, 5.41) is 0. The predicted molar refractivity (Wildman–Crippen MR) is 105 cm³/mol. The van der Waals surface area contributed by atoms with Crippen LogP contribution in [0.25, 0.3) is 0 Å². The van der Waals surface area contributed by atoms with Crippen LogP contribution < -0.4 is 9.64 Å². The van der Waals surface area contributed by atoms with Crippen LogP contribution in [0.1, 0.15) is 6.42 Å². The van der Waals surface area contributed by atoms with Gasteiger partial charge in [-0.3, -0.25) is 4.79 Å². The number of sulfone groups is 1. The van der Waals surface area contributed by atoms with Gasteiger partial charge in [-0.2, -0.15) is 0 Å². The van der Waals surface area contributed by atoms with Gasteiger partial charge in [-0.15, -0.1) is 11.8 Å². The van der Waals surface area contributed by atoms with Gasteiger partial charge in [0.1, 0.15) is 5.75 Å². The maximum Gasteiger partial charge on any atom is 0.237 e. The molecular formula is C19H21NO4S2. The van der Waals surface area contributed by atoms with Crippen molar-refractivity contribution in [2.24, 2.45) is 0 Å². The molecule has 2 aromatic rings. The summed E-state index contributed by atoms with van der Waals surface area (Å²) in [6.07, 6.45) is 0.482. The van der Waals surface area contributed by atoms with Gasteiger partial charge in [-0.05, 0) is 42.8 Å². The molecule has 1 atom stereocenters. The van der Waals surface area contributed by atoms with E-state index >= 15 is 0 Å². The minimum atomic E-state index is -3.07. The molecule has 1 aliphatic rings. The molecule has 3 rings (SSSR count). The van der Waals surface area contributed by atoms with Gasteiger partial charge in [0.2, 0.25) is 5.91 Å². The second kappa shape index (κ2) is 8.14.